The fourth-order valence-electron chi connectivity index (χ4n) is 0.828. The second-order valence-electron chi connectivity index (χ2n) is 2.20. The molecular formula is C8H7BrF2OS. The number of halogens is 3. The van der Waals surface area contributed by atoms with Crippen molar-refractivity contribution < 1.29 is 13.5 Å². The van der Waals surface area contributed by atoms with E-state index in [4.69, 9.17) is 4.74 Å². The zero-order valence-corrected chi connectivity index (χ0v) is 9.16. The van der Waals surface area contributed by atoms with Gasteiger partial charge < -0.3 is 4.74 Å². The zero-order chi connectivity index (χ0) is 9.90. The Bertz CT molecular complexity index is 288. The third-order valence-electron chi connectivity index (χ3n) is 1.29. The molecule has 0 unspecified atom stereocenters. The van der Waals surface area contributed by atoms with E-state index in [0.717, 1.165) is 0 Å². The lowest BCUT2D eigenvalue weighted by atomic mass is 10.3. The van der Waals surface area contributed by atoms with Gasteiger partial charge in [0, 0.05) is 15.9 Å². The molecule has 0 N–H and O–H groups in total. The minimum Gasteiger partial charge on any atom is -0.496 e. The van der Waals surface area contributed by atoms with Crippen molar-refractivity contribution in [2.24, 2.45) is 0 Å². The molecule has 1 rings (SSSR count). The number of thioether (sulfide) groups is 1. The molecule has 0 aliphatic carbocycles. The van der Waals surface area contributed by atoms with Gasteiger partial charge in [0.05, 0.1) is 12.0 Å². The Kier molecular flexibility index (Phi) is 3.55. The molecule has 1 aromatic rings. The second kappa shape index (κ2) is 4.28. The van der Waals surface area contributed by atoms with Crippen LogP contribution in [0.15, 0.2) is 29.2 Å². The average molecular weight is 269 g/mol. The van der Waals surface area contributed by atoms with E-state index in [1.807, 2.05) is 0 Å². The molecule has 1 nitrogen and oxygen atoms in total. The zero-order valence-electron chi connectivity index (χ0n) is 6.76. The summed E-state index contributed by atoms with van der Waals surface area (Å²) in [6.45, 7) is 0. The lowest BCUT2D eigenvalue weighted by Gasteiger charge is -2.10. The molecule has 0 saturated heterocycles. The summed E-state index contributed by atoms with van der Waals surface area (Å²) in [4.78, 5) is 0.409. The highest BCUT2D eigenvalue weighted by Crippen LogP contribution is 2.43. The van der Waals surface area contributed by atoms with Gasteiger partial charge in [-0.3, -0.25) is 0 Å². The molecule has 0 amide bonds. The van der Waals surface area contributed by atoms with Crippen molar-refractivity contribution in [3.63, 3.8) is 0 Å². The van der Waals surface area contributed by atoms with Crippen LogP contribution in [0.5, 0.6) is 5.75 Å². The molecule has 0 radical (unpaired) electrons. The van der Waals surface area contributed by atoms with E-state index in [-0.39, 0.29) is 0 Å². The fourth-order valence-corrected chi connectivity index (χ4v) is 2.00. The van der Waals surface area contributed by atoms with Crippen molar-refractivity contribution in [1.29, 1.82) is 0 Å². The second-order valence-corrected chi connectivity index (χ2v) is 4.88. The van der Waals surface area contributed by atoms with Gasteiger partial charge in [-0.25, -0.2) is 0 Å². The first-order chi connectivity index (χ1) is 6.03. The summed E-state index contributed by atoms with van der Waals surface area (Å²) in [6, 6.07) is 6.64. The van der Waals surface area contributed by atoms with E-state index in [1.54, 1.807) is 24.3 Å². The predicted octanol–water partition coefficient (Wildman–Crippen LogP) is 3.73. The first-order valence-electron chi connectivity index (χ1n) is 3.41. The summed E-state index contributed by atoms with van der Waals surface area (Å²) in [5.41, 5.74) is 0. The van der Waals surface area contributed by atoms with Crippen LogP contribution in [0.3, 0.4) is 0 Å². The minimum absolute atomic E-state index is 0.409. The number of alkyl halides is 3. The van der Waals surface area contributed by atoms with Crippen molar-refractivity contribution in [1.82, 2.24) is 0 Å². The van der Waals surface area contributed by atoms with Gasteiger partial charge in [0.15, 0.2) is 0 Å². The van der Waals surface area contributed by atoms with Crippen LogP contribution in [-0.2, 0) is 0 Å². The summed E-state index contributed by atoms with van der Waals surface area (Å²) in [5.74, 6) is 0.451. The van der Waals surface area contributed by atoms with Crippen LogP contribution >= 0.6 is 27.7 Å². The molecule has 72 valence electrons. The van der Waals surface area contributed by atoms with E-state index >= 15 is 0 Å². The van der Waals surface area contributed by atoms with Crippen LogP contribution in [0.1, 0.15) is 0 Å². The van der Waals surface area contributed by atoms with E-state index in [1.165, 1.54) is 7.11 Å². The third-order valence-corrected chi connectivity index (χ3v) is 2.57. The summed E-state index contributed by atoms with van der Waals surface area (Å²) in [6.07, 6.45) is 0. The molecule has 0 saturated carbocycles. The number of hydrogen-bond acceptors (Lipinski definition) is 2. The lowest BCUT2D eigenvalue weighted by Crippen LogP contribution is -1.97. The monoisotopic (exact) mass is 268 g/mol. The van der Waals surface area contributed by atoms with E-state index in [0.29, 0.717) is 22.4 Å². The molecule has 0 heterocycles. The van der Waals surface area contributed by atoms with Gasteiger partial charge in [-0.05, 0) is 23.9 Å². The summed E-state index contributed by atoms with van der Waals surface area (Å²) < 4.78 is 27.1. The number of para-hydroxylation sites is 1. The van der Waals surface area contributed by atoms with Gasteiger partial charge in [-0.1, -0.05) is 12.1 Å². The topological polar surface area (TPSA) is 9.23 Å². The molecule has 0 spiro atoms. The molecule has 0 fully saturated rings. The highest BCUT2D eigenvalue weighted by atomic mass is 79.9. The molecule has 0 bridgehead atoms. The first-order valence-corrected chi connectivity index (χ1v) is 5.02. The van der Waals surface area contributed by atoms with E-state index < -0.39 is 4.16 Å². The van der Waals surface area contributed by atoms with Gasteiger partial charge in [0.25, 0.3) is 0 Å². The van der Waals surface area contributed by atoms with E-state index in [9.17, 15) is 8.78 Å². The third kappa shape index (κ3) is 3.52. The number of ether oxygens (including phenoxy) is 1. The quantitative estimate of drug-likeness (QED) is 0.610. The fraction of sp³-hybridized carbons (Fsp3) is 0.250. The standard InChI is InChI=1S/C8H7BrF2OS/c1-12-6-4-2-3-5-7(6)13-8(9,10)11/h2-5H,1H3. The van der Waals surface area contributed by atoms with Crippen LogP contribution in [0.25, 0.3) is 0 Å². The molecule has 0 atom stereocenters. The Morgan fingerprint density at radius 2 is 2.00 bits per heavy atom. The van der Waals surface area contributed by atoms with Crippen molar-refractivity contribution in [2.45, 2.75) is 9.06 Å². The van der Waals surface area contributed by atoms with Crippen LogP contribution in [0, 0.1) is 0 Å². The Morgan fingerprint density at radius 3 is 2.54 bits per heavy atom. The van der Waals surface area contributed by atoms with Crippen LogP contribution in [0.2, 0.25) is 0 Å². The Labute approximate surface area is 87.6 Å². The maximum atomic E-state index is 12.5. The van der Waals surface area contributed by atoms with Gasteiger partial charge in [0.1, 0.15) is 5.75 Å². The Balaban J connectivity index is 2.87. The minimum atomic E-state index is -2.96. The molecular weight excluding hydrogens is 262 g/mol. The Morgan fingerprint density at radius 1 is 1.38 bits per heavy atom. The van der Waals surface area contributed by atoms with Gasteiger partial charge >= 0.3 is 4.16 Å². The van der Waals surface area contributed by atoms with Crippen molar-refractivity contribution in [3.05, 3.63) is 24.3 Å². The normalized spacial score (nSPS) is 11.4. The largest absolute Gasteiger partial charge is 0.496 e. The summed E-state index contributed by atoms with van der Waals surface area (Å²) >= 11 is 2.66. The van der Waals surface area contributed by atoms with Crippen LogP contribution in [-0.4, -0.2) is 11.3 Å². The van der Waals surface area contributed by atoms with Gasteiger partial charge in [0.2, 0.25) is 0 Å². The smallest absolute Gasteiger partial charge is 0.353 e. The Hall–Kier alpha value is -0.290. The first kappa shape index (κ1) is 10.8. The van der Waals surface area contributed by atoms with Gasteiger partial charge in [-0.2, -0.15) is 8.78 Å². The highest BCUT2D eigenvalue weighted by Gasteiger charge is 2.26. The van der Waals surface area contributed by atoms with E-state index in [2.05, 4.69) is 15.9 Å². The maximum Gasteiger partial charge on any atom is 0.353 e. The van der Waals surface area contributed by atoms with Crippen molar-refractivity contribution >= 4 is 27.7 Å². The average Bonchev–Trinajstić information content (AvgIpc) is 2.02. The molecule has 13 heavy (non-hydrogen) atoms. The summed E-state index contributed by atoms with van der Waals surface area (Å²) in [7, 11) is 1.45. The number of benzene rings is 1. The lowest BCUT2D eigenvalue weighted by molar-refractivity contribution is 0.220. The number of methoxy groups -OCH3 is 1. The molecule has 0 aromatic heterocycles. The van der Waals surface area contributed by atoms with Crippen molar-refractivity contribution in [3.8, 4) is 5.75 Å². The molecule has 5 heteroatoms. The predicted molar refractivity (Wildman–Crippen MR) is 52.7 cm³/mol. The summed E-state index contributed by atoms with van der Waals surface area (Å²) in [5, 5.41) is 0. The highest BCUT2D eigenvalue weighted by molar-refractivity contribution is 9.11. The van der Waals surface area contributed by atoms with Crippen LogP contribution in [0.4, 0.5) is 8.78 Å². The molecule has 0 aliphatic heterocycles. The molecule has 0 aliphatic rings. The van der Waals surface area contributed by atoms with Gasteiger partial charge in [-0.15, -0.1) is 0 Å². The maximum absolute atomic E-state index is 12.5. The number of hydrogen-bond donors (Lipinski definition) is 0. The number of rotatable bonds is 3. The molecule has 1 aromatic carbocycles. The SMILES string of the molecule is COc1ccccc1SC(F)(F)Br. The van der Waals surface area contributed by atoms with Crippen molar-refractivity contribution in [2.75, 3.05) is 7.11 Å². The van der Waals surface area contributed by atoms with Crippen LogP contribution < -0.4 is 4.74 Å².